The Morgan fingerprint density at radius 1 is 1.25 bits per heavy atom. The number of hydrogen-bond acceptors (Lipinski definition) is 4. The molecule has 0 radical (unpaired) electrons. The van der Waals surface area contributed by atoms with Crippen molar-refractivity contribution in [1.29, 1.82) is 0 Å². The van der Waals surface area contributed by atoms with Gasteiger partial charge in [0.1, 0.15) is 0 Å². The van der Waals surface area contributed by atoms with E-state index in [0.29, 0.717) is 32.7 Å². The van der Waals surface area contributed by atoms with Gasteiger partial charge in [0.25, 0.3) is 0 Å². The molecule has 0 aromatic carbocycles. The molecule has 1 amide bonds. The Labute approximate surface area is 145 Å². The highest BCUT2D eigenvalue weighted by Gasteiger charge is 2.25. The first-order chi connectivity index (χ1) is 11.5. The van der Waals surface area contributed by atoms with E-state index in [-0.39, 0.29) is 18.6 Å². The van der Waals surface area contributed by atoms with Gasteiger partial charge in [-0.25, -0.2) is 0 Å². The van der Waals surface area contributed by atoms with Gasteiger partial charge in [0, 0.05) is 26.1 Å². The maximum atomic E-state index is 12.4. The van der Waals surface area contributed by atoms with Crippen molar-refractivity contribution in [1.82, 2.24) is 9.80 Å². The lowest BCUT2D eigenvalue weighted by Gasteiger charge is -2.34. The fourth-order valence-corrected chi connectivity index (χ4v) is 3.88. The second-order valence-corrected chi connectivity index (χ2v) is 7.32. The van der Waals surface area contributed by atoms with Gasteiger partial charge in [-0.3, -0.25) is 14.5 Å². The van der Waals surface area contributed by atoms with Crippen molar-refractivity contribution >= 4 is 11.9 Å². The number of morpholine rings is 1. The van der Waals surface area contributed by atoms with Crippen LogP contribution in [0, 0.1) is 5.92 Å². The van der Waals surface area contributed by atoms with Crippen molar-refractivity contribution in [2.45, 2.75) is 57.5 Å². The molecule has 1 saturated carbocycles. The normalized spacial score (nSPS) is 22.8. The molecule has 2 rings (SSSR count). The first-order valence-corrected chi connectivity index (χ1v) is 9.34. The summed E-state index contributed by atoms with van der Waals surface area (Å²) in [6.45, 7) is 2.31. The average Bonchev–Trinajstić information content (AvgIpc) is 2.55. The zero-order valence-corrected chi connectivity index (χ0v) is 14.9. The minimum atomic E-state index is -0.844. The summed E-state index contributed by atoms with van der Waals surface area (Å²) in [4.78, 5) is 26.8. The lowest BCUT2D eigenvalue weighted by molar-refractivity contribution is -0.142. The van der Waals surface area contributed by atoms with E-state index in [1.165, 1.54) is 38.5 Å². The Bertz CT molecular complexity index is 410. The molecule has 24 heavy (non-hydrogen) atoms. The number of carbonyl (C=O) groups excluding carboxylic acids is 1. The molecule has 2 aliphatic rings. The van der Waals surface area contributed by atoms with E-state index in [1.54, 1.807) is 11.9 Å². The van der Waals surface area contributed by atoms with E-state index in [2.05, 4.69) is 0 Å². The summed E-state index contributed by atoms with van der Waals surface area (Å²) >= 11 is 0. The third-order valence-corrected chi connectivity index (χ3v) is 5.14. The molecule has 6 heteroatoms. The molecule has 1 unspecified atom stereocenters. The molecule has 2 fully saturated rings. The number of rotatable bonds is 8. The van der Waals surface area contributed by atoms with Gasteiger partial charge in [0.2, 0.25) is 5.91 Å². The number of nitrogens with zero attached hydrogens (tertiary/aromatic N) is 2. The molecule has 1 heterocycles. The number of hydrogen-bond donors (Lipinski definition) is 1. The number of amides is 1. The third kappa shape index (κ3) is 6.77. The summed E-state index contributed by atoms with van der Waals surface area (Å²) < 4.78 is 5.68. The molecule has 138 valence electrons. The maximum Gasteiger partial charge on any atom is 0.317 e. The largest absolute Gasteiger partial charge is 0.480 e. The molecule has 1 N–H and O–H groups in total. The zero-order valence-electron chi connectivity index (χ0n) is 14.9. The standard InChI is InChI=1S/C18H32N2O4/c1-19(14-18(22)23)12-16-13-20(10-11-24-16)17(21)9-5-8-15-6-3-2-4-7-15/h15-16H,2-14H2,1H3,(H,22,23). The van der Waals surface area contributed by atoms with Crippen LogP contribution in [-0.2, 0) is 14.3 Å². The number of carboxylic acids is 1. The molecule has 6 nitrogen and oxygen atoms in total. The van der Waals surface area contributed by atoms with E-state index in [9.17, 15) is 9.59 Å². The van der Waals surface area contributed by atoms with Crippen LogP contribution in [0.2, 0.25) is 0 Å². The first-order valence-electron chi connectivity index (χ1n) is 9.34. The van der Waals surface area contributed by atoms with E-state index < -0.39 is 5.97 Å². The van der Waals surface area contributed by atoms with Crippen molar-refractivity contribution in [3.63, 3.8) is 0 Å². The second-order valence-electron chi connectivity index (χ2n) is 7.32. The van der Waals surface area contributed by atoms with Gasteiger partial charge in [0.15, 0.2) is 0 Å². The minimum Gasteiger partial charge on any atom is -0.480 e. The fraction of sp³-hybridized carbons (Fsp3) is 0.889. The Hall–Kier alpha value is -1.14. The molecule has 1 saturated heterocycles. The van der Waals surface area contributed by atoms with Crippen LogP contribution in [0.25, 0.3) is 0 Å². The van der Waals surface area contributed by atoms with E-state index in [0.717, 1.165) is 12.3 Å². The van der Waals surface area contributed by atoms with Crippen LogP contribution in [-0.4, -0.2) is 72.7 Å². The Balaban J connectivity index is 1.66. The second kappa shape index (κ2) is 9.99. The molecule has 1 aliphatic carbocycles. The van der Waals surface area contributed by atoms with Crippen LogP contribution in [0.4, 0.5) is 0 Å². The average molecular weight is 340 g/mol. The third-order valence-electron chi connectivity index (χ3n) is 5.14. The lowest BCUT2D eigenvalue weighted by atomic mass is 9.86. The number of ether oxygens (including phenoxy) is 1. The Kier molecular flexibility index (Phi) is 7.99. The van der Waals surface area contributed by atoms with Crippen molar-refractivity contribution < 1.29 is 19.4 Å². The highest BCUT2D eigenvalue weighted by atomic mass is 16.5. The van der Waals surface area contributed by atoms with Gasteiger partial charge in [-0.2, -0.15) is 0 Å². The predicted octanol–water partition coefficient (Wildman–Crippen LogP) is 1.98. The van der Waals surface area contributed by atoms with Crippen LogP contribution in [0.5, 0.6) is 0 Å². The van der Waals surface area contributed by atoms with Gasteiger partial charge in [-0.1, -0.05) is 32.1 Å². The summed E-state index contributed by atoms with van der Waals surface area (Å²) in [5, 5.41) is 8.81. The number of carboxylic acid groups (broad SMARTS) is 1. The minimum absolute atomic E-state index is 0.00477. The van der Waals surface area contributed by atoms with Gasteiger partial charge < -0.3 is 14.7 Å². The van der Waals surface area contributed by atoms with Crippen molar-refractivity contribution in [3.05, 3.63) is 0 Å². The maximum absolute atomic E-state index is 12.4. The zero-order chi connectivity index (χ0) is 17.4. The lowest BCUT2D eigenvalue weighted by Crippen LogP contribution is -2.49. The quantitative estimate of drug-likeness (QED) is 0.732. The topological polar surface area (TPSA) is 70.1 Å². The predicted molar refractivity (Wildman–Crippen MR) is 91.9 cm³/mol. The van der Waals surface area contributed by atoms with Gasteiger partial charge in [-0.05, 0) is 25.8 Å². The van der Waals surface area contributed by atoms with Crippen LogP contribution in [0.15, 0.2) is 0 Å². The first kappa shape index (κ1) is 19.2. The summed E-state index contributed by atoms with van der Waals surface area (Å²) in [7, 11) is 1.77. The molecular weight excluding hydrogens is 308 g/mol. The van der Waals surface area contributed by atoms with Crippen molar-refractivity contribution in [3.8, 4) is 0 Å². The van der Waals surface area contributed by atoms with Crippen LogP contribution >= 0.6 is 0 Å². The van der Waals surface area contributed by atoms with Crippen molar-refractivity contribution in [2.75, 3.05) is 39.8 Å². The van der Waals surface area contributed by atoms with Gasteiger partial charge in [-0.15, -0.1) is 0 Å². The molecule has 1 atom stereocenters. The SMILES string of the molecule is CN(CC(=O)O)CC1CN(C(=O)CCCC2CCCCC2)CCO1. The Morgan fingerprint density at radius 3 is 2.71 bits per heavy atom. The van der Waals surface area contributed by atoms with Gasteiger partial charge >= 0.3 is 5.97 Å². The van der Waals surface area contributed by atoms with Crippen LogP contribution < -0.4 is 0 Å². The van der Waals surface area contributed by atoms with E-state index >= 15 is 0 Å². The summed E-state index contributed by atoms with van der Waals surface area (Å²) in [5.74, 6) is 0.206. The highest BCUT2D eigenvalue weighted by molar-refractivity contribution is 5.76. The number of aliphatic carboxylic acids is 1. The molecule has 0 aromatic rings. The van der Waals surface area contributed by atoms with Crippen LogP contribution in [0.3, 0.4) is 0 Å². The molecule has 1 aliphatic heterocycles. The molecule has 0 aromatic heterocycles. The Morgan fingerprint density at radius 2 is 2.00 bits per heavy atom. The molecule has 0 spiro atoms. The summed E-state index contributed by atoms with van der Waals surface area (Å²) in [6.07, 6.45) is 9.47. The van der Waals surface area contributed by atoms with E-state index in [4.69, 9.17) is 9.84 Å². The molecule has 0 bridgehead atoms. The fourth-order valence-electron chi connectivity index (χ4n) is 3.88. The number of likely N-dealkylation sites (N-methyl/N-ethyl adjacent to an activating group) is 1. The van der Waals surface area contributed by atoms with Gasteiger partial charge in [0.05, 0.1) is 19.3 Å². The highest BCUT2D eigenvalue weighted by Crippen LogP contribution is 2.27. The van der Waals surface area contributed by atoms with Crippen LogP contribution in [0.1, 0.15) is 51.4 Å². The molecular formula is C18H32N2O4. The number of carbonyl (C=O) groups is 2. The smallest absolute Gasteiger partial charge is 0.317 e. The monoisotopic (exact) mass is 340 g/mol. The van der Waals surface area contributed by atoms with E-state index in [1.807, 2.05) is 4.90 Å². The summed E-state index contributed by atoms with van der Waals surface area (Å²) in [6, 6.07) is 0. The van der Waals surface area contributed by atoms with Crippen molar-refractivity contribution in [2.24, 2.45) is 5.92 Å². The summed E-state index contributed by atoms with van der Waals surface area (Å²) in [5.41, 5.74) is 0.